The van der Waals surface area contributed by atoms with Crippen LogP contribution in [0.5, 0.6) is 0 Å². The van der Waals surface area contributed by atoms with Gasteiger partial charge in [0.2, 0.25) is 0 Å². The maximum Gasteiger partial charge on any atom is 0.124 e. The number of nitrogens with zero attached hydrogens (tertiary/aromatic N) is 2. The normalized spacial score (nSPS) is 11.9. The minimum absolute atomic E-state index is 1.04. The van der Waals surface area contributed by atoms with Crippen molar-refractivity contribution in [1.82, 2.24) is 14.5 Å². The molecule has 0 aliphatic carbocycles. The monoisotopic (exact) mass is 541 g/mol. The minimum atomic E-state index is 1.04. The second kappa shape index (κ2) is 8.65. The van der Waals surface area contributed by atoms with E-state index in [1.54, 1.807) is 11.3 Å². The van der Waals surface area contributed by atoms with Crippen LogP contribution in [-0.2, 0) is 0 Å². The number of hydrogen-bond donors (Lipinski definition) is 1. The Hall–Kier alpha value is -5.19. The molecule has 41 heavy (non-hydrogen) atoms. The van der Waals surface area contributed by atoms with Gasteiger partial charge in [-0.05, 0) is 47.5 Å². The van der Waals surface area contributed by atoms with Crippen LogP contribution in [0.2, 0.25) is 0 Å². The van der Waals surface area contributed by atoms with Gasteiger partial charge in [-0.2, -0.15) is 0 Å². The quantitative estimate of drug-likeness (QED) is 0.237. The van der Waals surface area contributed by atoms with Crippen molar-refractivity contribution in [1.29, 1.82) is 0 Å². The van der Waals surface area contributed by atoms with Crippen LogP contribution in [0, 0.1) is 0 Å². The molecule has 0 aliphatic heterocycles. The lowest BCUT2D eigenvalue weighted by Crippen LogP contribution is -1.94. The molecule has 3 nitrogen and oxygen atoms in total. The maximum absolute atomic E-state index is 4.95. The Morgan fingerprint density at radius 2 is 1.29 bits per heavy atom. The van der Waals surface area contributed by atoms with E-state index in [-0.39, 0.29) is 0 Å². The molecular formula is C37H23N3S. The number of benzene rings is 6. The van der Waals surface area contributed by atoms with Crippen molar-refractivity contribution in [2.24, 2.45) is 0 Å². The molecule has 9 rings (SSSR count). The van der Waals surface area contributed by atoms with Gasteiger partial charge in [0.1, 0.15) is 5.01 Å². The molecule has 0 radical (unpaired) electrons. The summed E-state index contributed by atoms with van der Waals surface area (Å²) in [6.07, 6.45) is 0. The summed E-state index contributed by atoms with van der Waals surface area (Å²) in [5.41, 5.74) is 10.5. The molecule has 192 valence electrons. The molecule has 0 bridgehead atoms. The number of para-hydroxylation sites is 2. The third-order valence-electron chi connectivity index (χ3n) is 8.18. The zero-order valence-corrected chi connectivity index (χ0v) is 22.8. The van der Waals surface area contributed by atoms with Crippen LogP contribution in [0.15, 0.2) is 133 Å². The number of rotatable bonds is 3. The van der Waals surface area contributed by atoms with Gasteiger partial charge in [-0.25, -0.2) is 4.98 Å². The lowest BCUT2D eigenvalue weighted by molar-refractivity contribution is 1.18. The number of aromatic nitrogens is 3. The number of H-pyrrole nitrogens is 1. The van der Waals surface area contributed by atoms with Gasteiger partial charge in [0.25, 0.3) is 0 Å². The van der Waals surface area contributed by atoms with Crippen molar-refractivity contribution in [3.05, 3.63) is 133 Å². The summed E-state index contributed by atoms with van der Waals surface area (Å²) >= 11 is 1.74. The zero-order chi connectivity index (χ0) is 26.9. The number of hydrogen-bond acceptors (Lipinski definition) is 2. The first-order chi connectivity index (χ1) is 20.3. The molecule has 0 aliphatic rings. The second-order valence-electron chi connectivity index (χ2n) is 10.5. The van der Waals surface area contributed by atoms with Gasteiger partial charge in [-0.1, -0.05) is 97.1 Å². The van der Waals surface area contributed by atoms with E-state index in [0.29, 0.717) is 0 Å². The Morgan fingerprint density at radius 3 is 2.17 bits per heavy atom. The van der Waals surface area contributed by atoms with E-state index in [0.717, 1.165) is 27.3 Å². The Balaban J connectivity index is 1.20. The highest BCUT2D eigenvalue weighted by atomic mass is 32.1. The smallest absolute Gasteiger partial charge is 0.124 e. The first-order valence-corrected chi connectivity index (χ1v) is 14.6. The van der Waals surface area contributed by atoms with Crippen LogP contribution in [0.1, 0.15) is 0 Å². The maximum atomic E-state index is 4.95. The lowest BCUT2D eigenvalue weighted by Gasteiger charge is -2.10. The first-order valence-electron chi connectivity index (χ1n) is 13.8. The van der Waals surface area contributed by atoms with Crippen molar-refractivity contribution in [3.63, 3.8) is 0 Å². The summed E-state index contributed by atoms with van der Waals surface area (Å²) < 4.78 is 3.61. The molecular weight excluding hydrogens is 518 g/mol. The average Bonchev–Trinajstić information content (AvgIpc) is 3.73. The van der Waals surface area contributed by atoms with Crippen molar-refractivity contribution in [2.75, 3.05) is 0 Å². The zero-order valence-electron chi connectivity index (χ0n) is 22.0. The molecule has 3 aromatic heterocycles. The summed E-state index contributed by atoms with van der Waals surface area (Å²) in [5.74, 6) is 0. The highest BCUT2D eigenvalue weighted by Gasteiger charge is 2.17. The first kappa shape index (κ1) is 22.6. The van der Waals surface area contributed by atoms with Crippen LogP contribution in [0.4, 0.5) is 0 Å². The molecule has 0 fully saturated rings. The van der Waals surface area contributed by atoms with Gasteiger partial charge in [-0.3, -0.25) is 0 Å². The Labute approximate surface area is 239 Å². The standard InChI is InChI=1S/C37H23N3S/c1-2-8-24(9-3-1)37-39-32-22-25(16-21-34(32)41-37)23-14-17-26(18-15-23)40-33-13-7-5-11-28(33)30-20-19-29-27-10-4-6-12-31(27)38-35(29)36(30)40/h1-22,38H. The van der Waals surface area contributed by atoms with E-state index in [2.05, 4.69) is 137 Å². The van der Waals surface area contributed by atoms with Crippen molar-refractivity contribution < 1.29 is 0 Å². The fraction of sp³-hybridized carbons (Fsp3) is 0. The highest BCUT2D eigenvalue weighted by molar-refractivity contribution is 7.21. The summed E-state index contributed by atoms with van der Waals surface area (Å²) in [5, 5.41) is 6.08. The summed E-state index contributed by atoms with van der Waals surface area (Å²) in [4.78, 5) is 8.69. The SMILES string of the molecule is c1ccc(-c2nc3cc(-c4ccc(-n5c6ccccc6c6ccc7c8ccccc8[nH]c7c65)cc4)ccc3s2)cc1. The van der Waals surface area contributed by atoms with Crippen LogP contribution in [-0.4, -0.2) is 14.5 Å². The molecule has 0 amide bonds. The van der Waals surface area contributed by atoms with Gasteiger partial charge >= 0.3 is 0 Å². The summed E-state index contributed by atoms with van der Waals surface area (Å²) in [7, 11) is 0. The Kier molecular flexibility index (Phi) is 4.77. The van der Waals surface area contributed by atoms with Crippen LogP contribution in [0.3, 0.4) is 0 Å². The highest BCUT2D eigenvalue weighted by Crippen LogP contribution is 2.39. The Bertz CT molecular complexity index is 2410. The Morgan fingerprint density at radius 1 is 0.561 bits per heavy atom. The molecule has 9 aromatic rings. The number of nitrogens with one attached hydrogen (secondary N) is 1. The molecule has 0 spiro atoms. The number of aromatic amines is 1. The van der Waals surface area contributed by atoms with E-state index in [1.165, 1.54) is 53.9 Å². The van der Waals surface area contributed by atoms with Gasteiger partial charge in [0.05, 0.1) is 26.8 Å². The molecule has 0 saturated heterocycles. The third-order valence-corrected chi connectivity index (χ3v) is 9.27. The topological polar surface area (TPSA) is 33.6 Å². The van der Waals surface area contributed by atoms with E-state index < -0.39 is 0 Å². The van der Waals surface area contributed by atoms with Crippen LogP contribution < -0.4 is 0 Å². The minimum Gasteiger partial charge on any atom is -0.353 e. The third kappa shape index (κ3) is 3.41. The van der Waals surface area contributed by atoms with E-state index >= 15 is 0 Å². The molecule has 0 saturated carbocycles. The van der Waals surface area contributed by atoms with Crippen molar-refractivity contribution >= 4 is 65.2 Å². The lowest BCUT2D eigenvalue weighted by atomic mass is 10.0. The van der Waals surface area contributed by atoms with E-state index in [1.807, 2.05) is 6.07 Å². The van der Waals surface area contributed by atoms with Crippen molar-refractivity contribution in [2.45, 2.75) is 0 Å². The van der Waals surface area contributed by atoms with E-state index in [4.69, 9.17) is 4.98 Å². The molecule has 0 unspecified atom stereocenters. The van der Waals surface area contributed by atoms with Crippen LogP contribution in [0.25, 0.3) is 81.2 Å². The number of thiazole rings is 1. The summed E-state index contributed by atoms with van der Waals surface area (Å²) in [6, 6.07) is 47.8. The largest absolute Gasteiger partial charge is 0.353 e. The molecule has 3 heterocycles. The fourth-order valence-corrected chi connectivity index (χ4v) is 7.20. The predicted octanol–water partition coefficient (Wildman–Crippen LogP) is 10.4. The molecule has 0 atom stereocenters. The van der Waals surface area contributed by atoms with Gasteiger partial charge in [0, 0.05) is 38.3 Å². The molecule has 6 aromatic carbocycles. The van der Waals surface area contributed by atoms with E-state index in [9.17, 15) is 0 Å². The van der Waals surface area contributed by atoms with Gasteiger partial charge in [-0.15, -0.1) is 11.3 Å². The molecule has 1 N–H and O–H groups in total. The van der Waals surface area contributed by atoms with Gasteiger partial charge in [0.15, 0.2) is 0 Å². The fourth-order valence-electron chi connectivity index (χ4n) is 6.25. The average molecular weight is 542 g/mol. The summed E-state index contributed by atoms with van der Waals surface area (Å²) in [6.45, 7) is 0. The number of fused-ring (bicyclic) bond motifs is 8. The second-order valence-corrected chi connectivity index (χ2v) is 11.6. The molecule has 4 heteroatoms. The van der Waals surface area contributed by atoms with Crippen LogP contribution >= 0.6 is 11.3 Å². The van der Waals surface area contributed by atoms with Gasteiger partial charge < -0.3 is 9.55 Å². The predicted molar refractivity (Wildman–Crippen MR) is 174 cm³/mol. The van der Waals surface area contributed by atoms with Crippen molar-refractivity contribution in [3.8, 4) is 27.4 Å².